The topological polar surface area (TPSA) is 86.5 Å². The third-order valence-corrected chi connectivity index (χ3v) is 6.88. The summed E-state index contributed by atoms with van der Waals surface area (Å²) in [6.45, 7) is 0. The Kier molecular flexibility index (Phi) is 6.20. The molecule has 0 saturated heterocycles. The molecule has 1 aliphatic rings. The van der Waals surface area contributed by atoms with Gasteiger partial charge in [-0.1, -0.05) is 59.6 Å². The Morgan fingerprint density at radius 3 is 1.97 bits per heavy atom. The van der Waals surface area contributed by atoms with Crippen LogP contribution < -0.4 is 5.73 Å². The first kappa shape index (κ1) is 23.6. The van der Waals surface area contributed by atoms with E-state index in [1.807, 2.05) is 24.3 Å². The molecule has 0 spiro atoms. The molecule has 1 aliphatic carbocycles. The molecule has 1 aromatic heterocycles. The Morgan fingerprint density at radius 1 is 0.833 bits per heavy atom. The highest BCUT2D eigenvalue weighted by atomic mass is 35.5. The van der Waals surface area contributed by atoms with Crippen molar-refractivity contribution >= 4 is 40.2 Å². The van der Waals surface area contributed by atoms with E-state index < -0.39 is 0 Å². The standard InChI is InChI=1S/C29H17Cl2FN4/c30-19-7-1-16(2-8-19)22-13-23(17-5-11-21(32)12-6-17)27-26(18-3-9-20(31)10-4-18)25(15-34)29(35)36-28(27)24(22)14-33/h1-12,23H,13H2,(H2,35,36). The van der Waals surface area contributed by atoms with Gasteiger partial charge in [0.1, 0.15) is 29.3 Å². The predicted octanol–water partition coefficient (Wildman–Crippen LogP) is 7.62. The van der Waals surface area contributed by atoms with E-state index in [1.165, 1.54) is 12.1 Å². The maximum absolute atomic E-state index is 13.9. The first-order valence-corrected chi connectivity index (χ1v) is 11.8. The van der Waals surface area contributed by atoms with E-state index >= 15 is 0 Å². The monoisotopic (exact) mass is 510 g/mol. The highest BCUT2D eigenvalue weighted by Crippen LogP contribution is 2.50. The van der Waals surface area contributed by atoms with E-state index in [-0.39, 0.29) is 23.1 Å². The van der Waals surface area contributed by atoms with Gasteiger partial charge in [-0.3, -0.25) is 0 Å². The number of anilines is 1. The third-order valence-electron chi connectivity index (χ3n) is 6.38. The molecule has 36 heavy (non-hydrogen) atoms. The number of hydrogen-bond acceptors (Lipinski definition) is 4. The molecule has 4 aromatic rings. The lowest BCUT2D eigenvalue weighted by Gasteiger charge is -2.31. The number of benzene rings is 3. The SMILES string of the molecule is N#CC1=C(c2ccc(Cl)cc2)CC(c2ccc(F)cc2)c2c1nc(N)c(C#N)c2-c1ccc(Cl)cc1. The molecule has 174 valence electrons. The van der Waals surface area contributed by atoms with E-state index in [0.29, 0.717) is 38.9 Å². The summed E-state index contributed by atoms with van der Waals surface area (Å²) in [5.74, 6) is -0.648. The van der Waals surface area contributed by atoms with Gasteiger partial charge < -0.3 is 5.73 Å². The summed E-state index contributed by atoms with van der Waals surface area (Å²) in [5, 5.41) is 21.5. The number of halogens is 3. The maximum Gasteiger partial charge on any atom is 0.142 e. The lowest BCUT2D eigenvalue weighted by molar-refractivity contribution is 0.626. The van der Waals surface area contributed by atoms with Crippen molar-refractivity contribution in [2.24, 2.45) is 0 Å². The van der Waals surface area contributed by atoms with Gasteiger partial charge in [0, 0.05) is 21.5 Å². The van der Waals surface area contributed by atoms with Crippen LogP contribution in [0.15, 0.2) is 72.8 Å². The molecule has 0 radical (unpaired) electrons. The number of aromatic nitrogens is 1. The van der Waals surface area contributed by atoms with Gasteiger partial charge >= 0.3 is 0 Å². The second-order valence-electron chi connectivity index (χ2n) is 8.41. The number of nitrogens with two attached hydrogens (primary N) is 1. The van der Waals surface area contributed by atoms with Gasteiger partial charge in [-0.05, 0) is 70.6 Å². The van der Waals surface area contributed by atoms with Crippen LogP contribution in [0.1, 0.15) is 40.3 Å². The smallest absolute Gasteiger partial charge is 0.142 e. The van der Waals surface area contributed by atoms with Gasteiger partial charge in [-0.2, -0.15) is 10.5 Å². The molecule has 1 unspecified atom stereocenters. The van der Waals surface area contributed by atoms with Gasteiger partial charge in [-0.25, -0.2) is 9.37 Å². The lowest BCUT2D eigenvalue weighted by Crippen LogP contribution is -2.17. The van der Waals surface area contributed by atoms with Crippen molar-refractivity contribution in [3.05, 3.63) is 117 Å². The van der Waals surface area contributed by atoms with Crippen molar-refractivity contribution in [3.8, 4) is 23.3 Å². The molecule has 0 aliphatic heterocycles. The quantitative estimate of drug-likeness (QED) is 0.307. The third kappa shape index (κ3) is 4.10. The fourth-order valence-corrected chi connectivity index (χ4v) is 4.99. The Morgan fingerprint density at radius 2 is 1.42 bits per heavy atom. The van der Waals surface area contributed by atoms with Gasteiger partial charge in [-0.15, -0.1) is 0 Å². The fraction of sp³-hybridized carbons (Fsp3) is 0.0690. The first-order chi connectivity index (χ1) is 17.4. The van der Waals surface area contributed by atoms with Crippen LogP contribution in [0.3, 0.4) is 0 Å². The molecule has 3 aromatic carbocycles. The molecule has 1 heterocycles. The second kappa shape index (κ2) is 9.47. The van der Waals surface area contributed by atoms with Crippen LogP contribution in [-0.2, 0) is 0 Å². The van der Waals surface area contributed by atoms with Crippen molar-refractivity contribution < 1.29 is 4.39 Å². The minimum atomic E-state index is -0.355. The Hall–Kier alpha value is -4.16. The zero-order chi connectivity index (χ0) is 25.4. The van der Waals surface area contributed by atoms with Crippen LogP contribution >= 0.6 is 23.2 Å². The van der Waals surface area contributed by atoms with E-state index in [9.17, 15) is 14.9 Å². The van der Waals surface area contributed by atoms with Crippen LogP contribution in [0, 0.1) is 28.5 Å². The normalized spacial score (nSPS) is 14.6. The van der Waals surface area contributed by atoms with Crippen molar-refractivity contribution in [2.45, 2.75) is 12.3 Å². The summed E-state index contributed by atoms with van der Waals surface area (Å²) in [6, 6.07) is 25.1. The number of hydrogen-bond donors (Lipinski definition) is 1. The number of nitrogen functional groups attached to an aromatic ring is 1. The van der Waals surface area contributed by atoms with Crippen LogP contribution in [0.4, 0.5) is 10.2 Å². The molecular formula is C29H17Cl2FN4. The highest BCUT2D eigenvalue weighted by Gasteiger charge is 2.34. The lowest BCUT2D eigenvalue weighted by atomic mass is 9.73. The number of rotatable bonds is 3. The van der Waals surface area contributed by atoms with Gasteiger partial charge in [0.05, 0.1) is 11.3 Å². The van der Waals surface area contributed by atoms with E-state index in [0.717, 1.165) is 22.3 Å². The Balaban J connectivity index is 1.89. The molecular weight excluding hydrogens is 494 g/mol. The molecule has 0 saturated carbocycles. The van der Waals surface area contributed by atoms with Crippen LogP contribution in [0.25, 0.3) is 22.3 Å². The van der Waals surface area contributed by atoms with Gasteiger partial charge in [0.25, 0.3) is 0 Å². The van der Waals surface area contributed by atoms with Crippen LogP contribution in [-0.4, -0.2) is 4.98 Å². The molecule has 1 atom stereocenters. The number of pyridine rings is 1. The molecule has 4 nitrogen and oxygen atoms in total. The Labute approximate surface area is 217 Å². The summed E-state index contributed by atoms with van der Waals surface area (Å²) in [7, 11) is 0. The van der Waals surface area contributed by atoms with Crippen molar-refractivity contribution in [1.29, 1.82) is 10.5 Å². The summed E-state index contributed by atoms with van der Waals surface area (Å²) in [4.78, 5) is 4.58. The van der Waals surface area contributed by atoms with E-state index in [1.54, 1.807) is 36.4 Å². The minimum Gasteiger partial charge on any atom is -0.383 e. The molecule has 2 N–H and O–H groups in total. The average Bonchev–Trinajstić information content (AvgIpc) is 2.88. The highest BCUT2D eigenvalue weighted by molar-refractivity contribution is 6.31. The van der Waals surface area contributed by atoms with Crippen molar-refractivity contribution in [3.63, 3.8) is 0 Å². The van der Waals surface area contributed by atoms with E-state index in [4.69, 9.17) is 28.9 Å². The van der Waals surface area contributed by atoms with Gasteiger partial charge in [0.15, 0.2) is 0 Å². The number of nitrogens with zero attached hydrogens (tertiary/aromatic N) is 3. The summed E-state index contributed by atoms with van der Waals surface area (Å²) >= 11 is 12.2. The summed E-state index contributed by atoms with van der Waals surface area (Å²) in [5.41, 5.74) is 11.7. The zero-order valence-electron chi connectivity index (χ0n) is 18.8. The van der Waals surface area contributed by atoms with Crippen molar-refractivity contribution in [2.75, 3.05) is 5.73 Å². The van der Waals surface area contributed by atoms with Crippen LogP contribution in [0.2, 0.25) is 10.0 Å². The molecule has 7 heteroatoms. The minimum absolute atomic E-state index is 0.0316. The van der Waals surface area contributed by atoms with E-state index in [2.05, 4.69) is 17.1 Å². The van der Waals surface area contributed by atoms with Crippen molar-refractivity contribution in [1.82, 2.24) is 4.98 Å². The zero-order valence-corrected chi connectivity index (χ0v) is 20.3. The first-order valence-electron chi connectivity index (χ1n) is 11.1. The predicted molar refractivity (Wildman–Crippen MR) is 141 cm³/mol. The van der Waals surface area contributed by atoms with Crippen LogP contribution in [0.5, 0.6) is 0 Å². The Bertz CT molecular complexity index is 1590. The molecule has 0 bridgehead atoms. The number of allylic oxidation sites excluding steroid dienone is 2. The molecule has 0 amide bonds. The summed E-state index contributed by atoms with van der Waals surface area (Å²) in [6.07, 6.45) is 0.431. The number of fused-ring (bicyclic) bond motifs is 1. The average molecular weight is 511 g/mol. The number of nitriles is 2. The molecule has 0 fully saturated rings. The largest absolute Gasteiger partial charge is 0.383 e. The van der Waals surface area contributed by atoms with Gasteiger partial charge in [0.2, 0.25) is 0 Å². The fourth-order valence-electron chi connectivity index (χ4n) is 4.74. The molecule has 5 rings (SSSR count). The maximum atomic E-state index is 13.9. The second-order valence-corrected chi connectivity index (χ2v) is 9.28. The summed E-state index contributed by atoms with van der Waals surface area (Å²) < 4.78 is 13.9.